The van der Waals surface area contributed by atoms with Crippen LogP contribution in [0.25, 0.3) is 28.0 Å². The van der Waals surface area contributed by atoms with E-state index in [4.69, 9.17) is 0 Å². The number of pyridine rings is 1. The number of nitrogens with zero attached hydrogens (tertiary/aromatic N) is 5. The van der Waals surface area contributed by atoms with Crippen LogP contribution in [0.15, 0.2) is 55.1 Å². The number of halogens is 2. The Kier molecular flexibility index (Phi) is 6.93. The predicted octanol–water partition coefficient (Wildman–Crippen LogP) is 5.10. The van der Waals surface area contributed by atoms with Gasteiger partial charge in [0, 0.05) is 31.0 Å². The van der Waals surface area contributed by atoms with Crippen LogP contribution < -0.4 is 5.32 Å². The van der Waals surface area contributed by atoms with E-state index in [0.717, 1.165) is 40.3 Å². The van der Waals surface area contributed by atoms with E-state index in [1.165, 1.54) is 0 Å². The molecule has 0 radical (unpaired) electrons. The van der Waals surface area contributed by atoms with Crippen LogP contribution in [0.5, 0.6) is 0 Å². The standard InChI is InChI=1S/C21H24N6.2ClH/c1-21(2,3)13-22-18-7-5-15(6-8-18)19-9-16(17-11-24-26(4)12-17)10-20-25-23-14-27(19)20;;/h5-12,14,22H,13H2,1-4H3;2*1H. The molecule has 0 saturated carbocycles. The first kappa shape index (κ1) is 22.7. The Morgan fingerprint density at radius 1 is 0.966 bits per heavy atom. The largest absolute Gasteiger partial charge is 0.385 e. The molecule has 29 heavy (non-hydrogen) atoms. The third kappa shape index (κ3) is 5.08. The molecule has 0 saturated heterocycles. The molecule has 6 nitrogen and oxygen atoms in total. The van der Waals surface area contributed by atoms with Crippen molar-refractivity contribution >= 4 is 36.1 Å². The van der Waals surface area contributed by atoms with Crippen LogP contribution in [0.2, 0.25) is 0 Å². The van der Waals surface area contributed by atoms with Gasteiger partial charge in [-0.1, -0.05) is 32.9 Å². The number of aromatic nitrogens is 5. The lowest BCUT2D eigenvalue weighted by molar-refractivity contribution is 0.443. The Bertz CT molecular complexity index is 1080. The smallest absolute Gasteiger partial charge is 0.161 e. The summed E-state index contributed by atoms with van der Waals surface area (Å²) in [5.41, 5.74) is 6.50. The van der Waals surface area contributed by atoms with Crippen molar-refractivity contribution in [3.05, 3.63) is 55.1 Å². The topological polar surface area (TPSA) is 60.0 Å². The maximum atomic E-state index is 4.28. The van der Waals surface area contributed by atoms with Crippen LogP contribution in [0.4, 0.5) is 5.69 Å². The molecule has 0 spiro atoms. The second-order valence-corrected chi connectivity index (χ2v) is 8.08. The second kappa shape index (κ2) is 8.84. The Hall–Kier alpha value is -2.57. The van der Waals surface area contributed by atoms with Gasteiger partial charge >= 0.3 is 0 Å². The van der Waals surface area contributed by atoms with E-state index in [1.54, 1.807) is 11.0 Å². The molecule has 1 aromatic carbocycles. The number of hydrogen-bond donors (Lipinski definition) is 1. The van der Waals surface area contributed by atoms with Gasteiger partial charge in [-0.25, -0.2) is 0 Å². The van der Waals surface area contributed by atoms with Gasteiger partial charge in [-0.2, -0.15) is 5.10 Å². The summed E-state index contributed by atoms with van der Waals surface area (Å²) in [5.74, 6) is 0. The number of anilines is 1. The molecule has 8 heteroatoms. The highest BCUT2D eigenvalue weighted by molar-refractivity contribution is 5.85. The lowest BCUT2D eigenvalue weighted by Crippen LogP contribution is -2.18. The molecular weight excluding hydrogens is 407 g/mol. The Labute approximate surface area is 183 Å². The number of aryl methyl sites for hydroxylation is 1. The van der Waals surface area contributed by atoms with Crippen molar-refractivity contribution in [2.45, 2.75) is 20.8 Å². The van der Waals surface area contributed by atoms with E-state index in [-0.39, 0.29) is 30.2 Å². The number of hydrogen-bond acceptors (Lipinski definition) is 4. The third-order valence-electron chi connectivity index (χ3n) is 4.45. The normalized spacial score (nSPS) is 11.0. The molecule has 1 N–H and O–H groups in total. The van der Waals surface area contributed by atoms with E-state index < -0.39 is 0 Å². The van der Waals surface area contributed by atoms with Crippen molar-refractivity contribution in [2.75, 3.05) is 11.9 Å². The van der Waals surface area contributed by atoms with Gasteiger partial charge in [-0.15, -0.1) is 35.0 Å². The molecular formula is C21H26Cl2N6. The number of rotatable bonds is 4. The first-order chi connectivity index (χ1) is 12.9. The highest BCUT2D eigenvalue weighted by atomic mass is 35.5. The zero-order valence-corrected chi connectivity index (χ0v) is 18.6. The first-order valence-electron chi connectivity index (χ1n) is 9.06. The highest BCUT2D eigenvalue weighted by Crippen LogP contribution is 2.28. The summed E-state index contributed by atoms with van der Waals surface area (Å²) in [6.45, 7) is 7.60. The Morgan fingerprint density at radius 2 is 1.69 bits per heavy atom. The van der Waals surface area contributed by atoms with E-state index in [2.05, 4.69) is 71.7 Å². The first-order valence-corrected chi connectivity index (χ1v) is 9.06. The molecule has 4 rings (SSSR count). The molecule has 154 valence electrons. The van der Waals surface area contributed by atoms with Crippen molar-refractivity contribution < 1.29 is 0 Å². The lowest BCUT2D eigenvalue weighted by Gasteiger charge is -2.19. The van der Waals surface area contributed by atoms with Crippen LogP contribution in [0, 0.1) is 5.41 Å². The van der Waals surface area contributed by atoms with Gasteiger partial charge in [0.1, 0.15) is 6.33 Å². The van der Waals surface area contributed by atoms with E-state index in [1.807, 2.05) is 29.9 Å². The van der Waals surface area contributed by atoms with Gasteiger partial charge in [-0.3, -0.25) is 9.08 Å². The highest BCUT2D eigenvalue weighted by Gasteiger charge is 2.12. The van der Waals surface area contributed by atoms with Gasteiger partial charge < -0.3 is 5.32 Å². The van der Waals surface area contributed by atoms with Crippen LogP contribution >= 0.6 is 24.8 Å². The summed E-state index contributed by atoms with van der Waals surface area (Å²) in [6.07, 6.45) is 5.63. The van der Waals surface area contributed by atoms with Crippen LogP contribution in [0.1, 0.15) is 20.8 Å². The van der Waals surface area contributed by atoms with Crippen molar-refractivity contribution in [3.63, 3.8) is 0 Å². The van der Waals surface area contributed by atoms with Crippen molar-refractivity contribution in [3.8, 4) is 22.4 Å². The summed E-state index contributed by atoms with van der Waals surface area (Å²) >= 11 is 0. The predicted molar refractivity (Wildman–Crippen MR) is 123 cm³/mol. The maximum Gasteiger partial charge on any atom is 0.161 e. The summed E-state index contributed by atoms with van der Waals surface area (Å²) in [6, 6.07) is 12.7. The maximum absolute atomic E-state index is 4.28. The van der Waals surface area contributed by atoms with Crippen LogP contribution in [0.3, 0.4) is 0 Å². The number of nitrogens with one attached hydrogen (secondary N) is 1. The molecule has 0 aliphatic rings. The minimum absolute atomic E-state index is 0. The summed E-state index contributed by atoms with van der Waals surface area (Å²) in [4.78, 5) is 0. The fourth-order valence-electron chi connectivity index (χ4n) is 3.01. The average molecular weight is 433 g/mol. The summed E-state index contributed by atoms with van der Waals surface area (Å²) in [5, 5.41) is 16.1. The lowest BCUT2D eigenvalue weighted by atomic mass is 9.97. The van der Waals surface area contributed by atoms with Crippen molar-refractivity contribution in [2.24, 2.45) is 12.5 Å². The SMILES string of the molecule is Cl.Cl.Cn1cc(-c2cc(-c3ccc(NCC(C)(C)C)cc3)n3cnnc3c2)cn1. The van der Waals surface area contributed by atoms with Gasteiger partial charge in [0.2, 0.25) is 0 Å². The minimum Gasteiger partial charge on any atom is -0.385 e. The summed E-state index contributed by atoms with van der Waals surface area (Å²) < 4.78 is 3.82. The molecule has 4 aromatic rings. The van der Waals surface area contributed by atoms with E-state index >= 15 is 0 Å². The molecule has 3 heterocycles. The van der Waals surface area contributed by atoms with Gasteiger partial charge in [0.25, 0.3) is 0 Å². The summed E-state index contributed by atoms with van der Waals surface area (Å²) in [7, 11) is 1.92. The second-order valence-electron chi connectivity index (χ2n) is 8.08. The Morgan fingerprint density at radius 3 is 2.31 bits per heavy atom. The molecule has 0 unspecified atom stereocenters. The monoisotopic (exact) mass is 432 g/mol. The molecule has 0 atom stereocenters. The zero-order valence-electron chi connectivity index (χ0n) is 17.0. The molecule has 0 aliphatic carbocycles. The van der Waals surface area contributed by atoms with Crippen LogP contribution in [-0.2, 0) is 7.05 Å². The number of benzene rings is 1. The van der Waals surface area contributed by atoms with E-state index in [9.17, 15) is 0 Å². The molecule has 0 bridgehead atoms. The number of fused-ring (bicyclic) bond motifs is 1. The van der Waals surface area contributed by atoms with Gasteiger partial charge in [0.05, 0.1) is 11.9 Å². The van der Waals surface area contributed by atoms with Crippen LogP contribution in [-0.4, -0.2) is 30.9 Å². The average Bonchev–Trinajstić information content (AvgIpc) is 3.27. The fraction of sp³-hybridized carbons (Fsp3) is 0.286. The van der Waals surface area contributed by atoms with Gasteiger partial charge in [0.15, 0.2) is 5.65 Å². The van der Waals surface area contributed by atoms with Crippen molar-refractivity contribution in [1.29, 1.82) is 0 Å². The quantitative estimate of drug-likeness (QED) is 0.487. The molecule has 3 aromatic heterocycles. The van der Waals surface area contributed by atoms with Gasteiger partial charge in [-0.05, 0) is 40.8 Å². The third-order valence-corrected chi connectivity index (χ3v) is 4.45. The molecule has 0 fully saturated rings. The molecule has 0 amide bonds. The Balaban J connectivity index is 0.00000150. The van der Waals surface area contributed by atoms with E-state index in [0.29, 0.717) is 0 Å². The fourth-order valence-corrected chi connectivity index (χ4v) is 3.01. The molecule has 0 aliphatic heterocycles. The zero-order chi connectivity index (χ0) is 19.0. The van der Waals surface area contributed by atoms with Crippen molar-refractivity contribution in [1.82, 2.24) is 24.4 Å². The minimum atomic E-state index is 0.